The summed E-state index contributed by atoms with van der Waals surface area (Å²) < 4.78 is 5.26. The van der Waals surface area contributed by atoms with Crippen molar-refractivity contribution in [2.45, 2.75) is 12.8 Å². The number of hydrogen-bond donors (Lipinski definition) is 0. The maximum atomic E-state index is 11.5. The molecule has 120 valence electrons. The molecule has 0 fully saturated rings. The van der Waals surface area contributed by atoms with Gasteiger partial charge in [-0.2, -0.15) is 0 Å². The fourth-order valence-electron chi connectivity index (χ4n) is 2.93. The number of methoxy groups -OCH3 is 1. The Balaban J connectivity index is 2.06. The van der Waals surface area contributed by atoms with Crippen LogP contribution in [0.1, 0.15) is 39.9 Å². The molecule has 0 radical (unpaired) electrons. The Labute approximate surface area is 142 Å². The van der Waals surface area contributed by atoms with Crippen LogP contribution in [0.5, 0.6) is 5.75 Å². The summed E-state index contributed by atoms with van der Waals surface area (Å²) in [6.07, 6.45) is 0. The fourth-order valence-corrected chi connectivity index (χ4v) is 2.93. The van der Waals surface area contributed by atoms with Gasteiger partial charge in [0, 0.05) is 11.5 Å². The van der Waals surface area contributed by atoms with E-state index < -0.39 is 0 Å². The molecule has 2 nitrogen and oxygen atoms in total. The highest BCUT2D eigenvalue weighted by Gasteiger charge is 2.17. The third kappa shape index (κ3) is 3.38. The van der Waals surface area contributed by atoms with Gasteiger partial charge in [0.1, 0.15) is 5.75 Å². The van der Waals surface area contributed by atoms with E-state index in [4.69, 9.17) is 4.74 Å². The minimum Gasteiger partial charge on any atom is -0.497 e. The topological polar surface area (TPSA) is 26.3 Å². The first-order valence-electron chi connectivity index (χ1n) is 7.99. The van der Waals surface area contributed by atoms with Gasteiger partial charge in [0.25, 0.3) is 0 Å². The summed E-state index contributed by atoms with van der Waals surface area (Å²) in [7, 11) is 1.67. The maximum Gasteiger partial charge on any atom is 0.159 e. The number of ether oxygens (including phenoxy) is 1. The zero-order valence-electron chi connectivity index (χ0n) is 13.9. The minimum atomic E-state index is 0.0854. The van der Waals surface area contributed by atoms with Crippen molar-refractivity contribution in [1.82, 2.24) is 0 Å². The molecule has 0 saturated heterocycles. The molecule has 2 heteroatoms. The smallest absolute Gasteiger partial charge is 0.159 e. The molecule has 0 aliphatic rings. The first-order chi connectivity index (χ1) is 11.7. The van der Waals surface area contributed by atoms with Gasteiger partial charge in [-0.15, -0.1) is 0 Å². The zero-order valence-corrected chi connectivity index (χ0v) is 13.9. The number of benzene rings is 3. The lowest BCUT2D eigenvalue weighted by Gasteiger charge is -2.19. The van der Waals surface area contributed by atoms with Crippen LogP contribution in [0.3, 0.4) is 0 Å². The van der Waals surface area contributed by atoms with Crippen molar-refractivity contribution in [3.8, 4) is 5.75 Å². The van der Waals surface area contributed by atoms with Gasteiger partial charge in [0.15, 0.2) is 5.78 Å². The summed E-state index contributed by atoms with van der Waals surface area (Å²) in [5.74, 6) is 1.05. The number of ketones is 1. The van der Waals surface area contributed by atoms with E-state index in [-0.39, 0.29) is 11.7 Å². The Bertz CT molecular complexity index is 803. The summed E-state index contributed by atoms with van der Waals surface area (Å²) >= 11 is 0. The first-order valence-corrected chi connectivity index (χ1v) is 7.99. The fraction of sp³-hybridized carbons (Fsp3) is 0.136. The molecule has 3 aromatic carbocycles. The molecule has 0 aliphatic heterocycles. The van der Waals surface area contributed by atoms with Crippen LogP contribution in [0, 0.1) is 0 Å². The van der Waals surface area contributed by atoms with Crippen LogP contribution in [0.25, 0.3) is 0 Å². The summed E-state index contributed by atoms with van der Waals surface area (Å²) in [5, 5.41) is 0. The second-order valence-electron chi connectivity index (χ2n) is 5.80. The quantitative estimate of drug-likeness (QED) is 0.485. The van der Waals surface area contributed by atoms with Crippen LogP contribution >= 0.6 is 0 Å². The lowest BCUT2D eigenvalue weighted by molar-refractivity contribution is 0.101. The van der Waals surface area contributed by atoms with Crippen LogP contribution in [-0.4, -0.2) is 12.9 Å². The molecule has 1 unspecified atom stereocenters. The normalized spacial score (nSPS) is 11.8. The van der Waals surface area contributed by atoms with Gasteiger partial charge in [-0.1, -0.05) is 66.7 Å². The lowest BCUT2D eigenvalue weighted by atomic mass is 9.85. The van der Waals surface area contributed by atoms with Crippen LogP contribution in [0.15, 0.2) is 78.9 Å². The van der Waals surface area contributed by atoms with Gasteiger partial charge in [0.2, 0.25) is 0 Å². The van der Waals surface area contributed by atoms with Crippen LogP contribution in [0.4, 0.5) is 0 Å². The Hall–Kier alpha value is -2.87. The largest absolute Gasteiger partial charge is 0.497 e. The minimum absolute atomic E-state index is 0.0854. The van der Waals surface area contributed by atoms with Gasteiger partial charge in [-0.3, -0.25) is 4.79 Å². The van der Waals surface area contributed by atoms with Crippen molar-refractivity contribution in [1.29, 1.82) is 0 Å². The van der Waals surface area contributed by atoms with Crippen LogP contribution in [-0.2, 0) is 0 Å². The van der Waals surface area contributed by atoms with E-state index in [2.05, 4.69) is 36.4 Å². The molecule has 0 spiro atoms. The molecule has 3 aromatic rings. The summed E-state index contributed by atoms with van der Waals surface area (Å²) in [4.78, 5) is 11.5. The van der Waals surface area contributed by atoms with Crippen molar-refractivity contribution in [2.24, 2.45) is 0 Å². The van der Waals surface area contributed by atoms with Crippen molar-refractivity contribution in [3.05, 3.63) is 101 Å². The van der Waals surface area contributed by atoms with E-state index in [9.17, 15) is 4.79 Å². The average Bonchev–Trinajstić information content (AvgIpc) is 2.64. The summed E-state index contributed by atoms with van der Waals surface area (Å²) in [6, 6.07) is 26.4. The van der Waals surface area contributed by atoms with Crippen molar-refractivity contribution in [2.75, 3.05) is 7.11 Å². The Morgan fingerprint density at radius 3 is 1.75 bits per heavy atom. The van der Waals surface area contributed by atoms with Gasteiger partial charge in [-0.05, 0) is 35.7 Å². The average molecular weight is 316 g/mol. The van der Waals surface area contributed by atoms with Crippen LogP contribution < -0.4 is 4.74 Å². The predicted octanol–water partition coefficient (Wildman–Crippen LogP) is 5.08. The van der Waals surface area contributed by atoms with E-state index in [1.807, 2.05) is 42.5 Å². The molecule has 1 atom stereocenters. The highest BCUT2D eigenvalue weighted by molar-refractivity contribution is 5.94. The number of rotatable bonds is 5. The highest BCUT2D eigenvalue weighted by Crippen LogP contribution is 2.32. The summed E-state index contributed by atoms with van der Waals surface area (Å²) in [5.41, 5.74) is 4.31. The SMILES string of the molecule is COc1ccc(C(c2ccccc2)c2ccc(C(C)=O)cc2)cc1. The van der Waals surface area contributed by atoms with E-state index in [1.165, 1.54) is 11.1 Å². The molecule has 0 amide bonds. The molecule has 3 rings (SSSR count). The van der Waals surface area contributed by atoms with E-state index >= 15 is 0 Å². The molecule has 0 bridgehead atoms. The Morgan fingerprint density at radius 1 is 0.750 bits per heavy atom. The number of Topliss-reactive ketones (excluding diaryl/α,β-unsaturated/α-hetero) is 1. The van der Waals surface area contributed by atoms with E-state index in [0.717, 1.165) is 16.9 Å². The van der Waals surface area contributed by atoms with Crippen molar-refractivity contribution >= 4 is 5.78 Å². The van der Waals surface area contributed by atoms with Crippen LogP contribution in [0.2, 0.25) is 0 Å². The Kier molecular flexibility index (Phi) is 4.76. The molecule has 24 heavy (non-hydrogen) atoms. The van der Waals surface area contributed by atoms with Gasteiger partial charge < -0.3 is 4.74 Å². The van der Waals surface area contributed by atoms with E-state index in [0.29, 0.717) is 0 Å². The third-order valence-electron chi connectivity index (χ3n) is 4.23. The van der Waals surface area contributed by atoms with Gasteiger partial charge >= 0.3 is 0 Å². The highest BCUT2D eigenvalue weighted by atomic mass is 16.5. The number of hydrogen-bond acceptors (Lipinski definition) is 2. The van der Waals surface area contributed by atoms with Crippen molar-refractivity contribution in [3.63, 3.8) is 0 Å². The monoisotopic (exact) mass is 316 g/mol. The van der Waals surface area contributed by atoms with Crippen molar-refractivity contribution < 1.29 is 9.53 Å². The van der Waals surface area contributed by atoms with E-state index in [1.54, 1.807) is 14.0 Å². The molecule has 0 N–H and O–H groups in total. The predicted molar refractivity (Wildman–Crippen MR) is 96.8 cm³/mol. The third-order valence-corrected chi connectivity index (χ3v) is 4.23. The number of carbonyl (C=O) groups excluding carboxylic acids is 1. The zero-order chi connectivity index (χ0) is 16.9. The molecule has 0 aromatic heterocycles. The lowest BCUT2D eigenvalue weighted by Crippen LogP contribution is -2.04. The van der Waals surface area contributed by atoms with Gasteiger partial charge in [0.05, 0.1) is 7.11 Å². The molecule has 0 saturated carbocycles. The second kappa shape index (κ2) is 7.14. The second-order valence-corrected chi connectivity index (χ2v) is 5.80. The Morgan fingerprint density at radius 2 is 1.25 bits per heavy atom. The first kappa shape index (κ1) is 16.0. The number of carbonyl (C=O) groups is 1. The molecule has 0 heterocycles. The molecular weight excluding hydrogens is 296 g/mol. The summed E-state index contributed by atoms with van der Waals surface area (Å²) in [6.45, 7) is 1.59. The standard InChI is InChI=1S/C22H20O2/c1-16(23)17-8-10-19(11-9-17)22(18-6-4-3-5-7-18)20-12-14-21(24-2)15-13-20/h3-15,22H,1-2H3. The van der Waals surface area contributed by atoms with Gasteiger partial charge in [-0.25, -0.2) is 0 Å². The molecular formula is C22H20O2. The molecule has 0 aliphatic carbocycles. The maximum absolute atomic E-state index is 11.5.